The van der Waals surface area contributed by atoms with Gasteiger partial charge in [0.2, 0.25) is 11.8 Å². The van der Waals surface area contributed by atoms with Gasteiger partial charge < -0.3 is 47.0 Å². The number of hydrogen-bond acceptors (Lipinski definition) is 18. The molecule has 0 radical (unpaired) electrons. The van der Waals surface area contributed by atoms with Crippen molar-refractivity contribution in [2.24, 2.45) is 0 Å². The lowest BCUT2D eigenvalue weighted by atomic mass is 9.86. The molecule has 4 amide bonds. The zero-order valence-corrected chi connectivity index (χ0v) is 63.1. The molecule has 4 aromatic heterocycles. The van der Waals surface area contributed by atoms with Gasteiger partial charge in [-0.05, 0) is 139 Å². The van der Waals surface area contributed by atoms with Crippen LogP contribution in [0.4, 0.5) is 35.9 Å². The van der Waals surface area contributed by atoms with Gasteiger partial charge in [0.1, 0.15) is 49.4 Å². The van der Waals surface area contributed by atoms with Gasteiger partial charge in [-0.1, -0.05) is 39.3 Å². The summed E-state index contributed by atoms with van der Waals surface area (Å²) in [5.41, 5.74) is -0.563. The molecular weight excluding hydrogens is 1400 g/mol. The Kier molecular flexibility index (Phi) is 24.8. The molecule has 0 saturated heterocycles. The zero-order valence-electron chi connectivity index (χ0n) is 61.1. The van der Waals surface area contributed by atoms with Gasteiger partial charge in [0.05, 0.1) is 81.7 Å². The second-order valence-corrected chi connectivity index (χ2v) is 40.1. The Hall–Kier alpha value is -9.85. The largest absolute Gasteiger partial charge is 0.496 e. The topological polar surface area (TPSA) is 317 Å². The number of nitrogens with zero attached hydrogens (tertiary/aromatic N) is 8. The maximum atomic E-state index is 16.4. The van der Waals surface area contributed by atoms with Gasteiger partial charge in [0.25, 0.3) is 23.0 Å². The van der Waals surface area contributed by atoms with E-state index in [1.54, 1.807) is 55.4 Å². The van der Waals surface area contributed by atoms with Crippen LogP contribution in [0.5, 0.6) is 11.5 Å². The average Bonchev–Trinajstić information content (AvgIpc) is 1.34. The van der Waals surface area contributed by atoms with Gasteiger partial charge in [-0.3, -0.25) is 50.0 Å². The first-order chi connectivity index (χ1) is 48.3. The van der Waals surface area contributed by atoms with Crippen molar-refractivity contribution < 1.29 is 93.0 Å². The molecule has 4 N–H and O–H groups in total. The molecule has 0 saturated carbocycles. The molecule has 8 rings (SSSR count). The smallest absolute Gasteiger partial charge is 0.429 e. The highest BCUT2D eigenvalue weighted by Crippen LogP contribution is 2.56. The maximum absolute atomic E-state index is 16.4. The first-order valence-corrected chi connectivity index (χ1v) is 40.0. The Morgan fingerprint density at radius 2 is 0.913 bits per heavy atom. The average molecular weight is 1490 g/mol. The van der Waals surface area contributed by atoms with E-state index in [4.69, 9.17) is 37.9 Å². The van der Waals surface area contributed by atoms with Gasteiger partial charge in [0.15, 0.2) is 11.6 Å². The second-order valence-electron chi connectivity index (χ2n) is 28.8. The number of methoxy groups -OCH3 is 2. The van der Waals surface area contributed by atoms with E-state index in [0.29, 0.717) is 23.2 Å². The first kappa shape index (κ1) is 81.5. The number of amides is 4. The Balaban J connectivity index is 0.000000291. The highest BCUT2D eigenvalue weighted by atomic mass is 28.3. The van der Waals surface area contributed by atoms with Gasteiger partial charge in [0, 0.05) is 66.4 Å². The third-order valence-electron chi connectivity index (χ3n) is 15.8. The van der Waals surface area contributed by atoms with Crippen molar-refractivity contribution in [2.75, 3.05) is 40.6 Å². The molecule has 0 aliphatic rings. The van der Waals surface area contributed by atoms with E-state index in [-0.39, 0.29) is 79.7 Å². The predicted octanol–water partition coefficient (Wildman–Crippen LogP) is 12.5. The molecule has 560 valence electrons. The van der Waals surface area contributed by atoms with Crippen LogP contribution < -0.4 is 31.2 Å². The normalized spacial score (nSPS) is 13.4. The number of rotatable bonds is 22. The predicted molar refractivity (Wildman–Crippen MR) is 376 cm³/mol. The van der Waals surface area contributed by atoms with Crippen LogP contribution in [-0.2, 0) is 72.3 Å². The number of hydrazine groups is 2. The number of ether oxygens (including phenoxy) is 8. The fourth-order valence-corrected chi connectivity index (χ4v) is 12.7. The molecule has 104 heavy (non-hydrogen) atoms. The van der Waals surface area contributed by atoms with Crippen LogP contribution in [0.15, 0.2) is 73.1 Å². The number of halogens is 6. The molecule has 34 heteroatoms. The molecular formula is C70H86F6N12O14Si2. The number of alkyl halides is 6. The van der Waals surface area contributed by atoms with Crippen LogP contribution in [-0.4, -0.2) is 144 Å². The monoisotopic (exact) mass is 1490 g/mol. The third kappa shape index (κ3) is 18.4. The van der Waals surface area contributed by atoms with Crippen molar-refractivity contribution in [1.29, 1.82) is 10.5 Å². The fourth-order valence-electron chi connectivity index (χ4n) is 11.2. The van der Waals surface area contributed by atoms with Gasteiger partial charge in [-0.25, -0.2) is 19.6 Å². The van der Waals surface area contributed by atoms with E-state index in [9.17, 15) is 39.3 Å². The number of aryl methyl sites for hydroxylation is 2. The molecule has 0 fully saturated rings. The van der Waals surface area contributed by atoms with Crippen molar-refractivity contribution in [3.8, 4) is 23.6 Å². The van der Waals surface area contributed by atoms with E-state index < -0.39 is 136 Å². The Morgan fingerprint density at radius 1 is 0.529 bits per heavy atom. The SMILES string of the molecule is COc1cc(C)c2c(ccn2C(=O)OC(C)(C)C)c1C(OCC(=O)NNC(C)=O)(c1nc2cc(C#N)ccc2n1COCC[Si](C)(C)C)C(F)(F)F.COc1cc(C)c2c(ccn2C(=O)OC(C)(C)C)c1C(OCC(=O)NNC(C)=O)(c1nc2ccc(C#N)cc2n1COCC[Si](C)(C)C)C(F)(F)F. The molecule has 0 bridgehead atoms. The maximum Gasteiger partial charge on any atom is 0.429 e. The summed E-state index contributed by atoms with van der Waals surface area (Å²) < 4.78 is 149. The summed E-state index contributed by atoms with van der Waals surface area (Å²) >= 11 is 0. The summed E-state index contributed by atoms with van der Waals surface area (Å²) in [5, 5.41) is 19.1. The van der Waals surface area contributed by atoms with E-state index >= 15 is 26.3 Å². The van der Waals surface area contributed by atoms with Crippen LogP contribution >= 0.6 is 0 Å². The lowest BCUT2D eigenvalue weighted by Crippen LogP contribution is -2.51. The minimum absolute atomic E-state index is 0.0245. The summed E-state index contributed by atoms with van der Waals surface area (Å²) in [6.07, 6.45) is -9.91. The van der Waals surface area contributed by atoms with Crippen LogP contribution in [0.3, 0.4) is 0 Å². The zero-order chi connectivity index (χ0) is 77.6. The summed E-state index contributed by atoms with van der Waals surface area (Å²) in [7, 11) is -0.869. The van der Waals surface area contributed by atoms with Crippen LogP contribution in [0.2, 0.25) is 51.4 Å². The molecule has 8 aromatic rings. The van der Waals surface area contributed by atoms with Gasteiger partial charge >= 0.3 is 24.5 Å². The highest BCUT2D eigenvalue weighted by Gasteiger charge is 2.66. The summed E-state index contributed by atoms with van der Waals surface area (Å²) in [4.78, 5) is 84.5. The van der Waals surface area contributed by atoms with Crippen molar-refractivity contribution in [2.45, 2.75) is 169 Å². The molecule has 2 unspecified atom stereocenters. The quantitative estimate of drug-likeness (QED) is 0.0212. The summed E-state index contributed by atoms with van der Waals surface area (Å²) in [5.74, 6) is -5.63. The van der Waals surface area contributed by atoms with Crippen molar-refractivity contribution in [1.82, 2.24) is 49.9 Å². The molecule has 0 spiro atoms. The molecule has 4 heterocycles. The molecule has 2 atom stereocenters. The fraction of sp³-hybridized carbons (Fsp3) is 0.457. The number of fused-ring (bicyclic) bond motifs is 4. The van der Waals surface area contributed by atoms with Crippen molar-refractivity contribution in [3.63, 3.8) is 0 Å². The van der Waals surface area contributed by atoms with E-state index in [1.807, 2.05) is 33.8 Å². The number of carbonyl (C=O) groups is 6. The summed E-state index contributed by atoms with van der Waals surface area (Å²) in [6, 6.07) is 19.1. The number of imidazole rings is 2. The molecule has 0 aliphatic heterocycles. The Morgan fingerprint density at radius 3 is 1.28 bits per heavy atom. The number of hydrogen-bond donors (Lipinski definition) is 4. The van der Waals surface area contributed by atoms with Crippen LogP contribution in [0.25, 0.3) is 43.9 Å². The van der Waals surface area contributed by atoms with E-state index in [2.05, 4.69) is 49.3 Å². The van der Waals surface area contributed by atoms with Crippen LogP contribution in [0, 0.1) is 36.5 Å². The van der Waals surface area contributed by atoms with Crippen molar-refractivity contribution in [3.05, 3.63) is 118 Å². The number of nitriles is 2. The van der Waals surface area contributed by atoms with Gasteiger partial charge in [-0.15, -0.1) is 0 Å². The molecule has 26 nitrogen and oxygen atoms in total. The van der Waals surface area contributed by atoms with Crippen LogP contribution in [0.1, 0.15) is 100 Å². The van der Waals surface area contributed by atoms with Crippen molar-refractivity contribution >= 4 is 95.8 Å². The van der Waals surface area contributed by atoms with E-state index in [1.165, 1.54) is 91.8 Å². The minimum Gasteiger partial charge on any atom is -0.496 e. The number of nitrogens with one attached hydrogen (secondary N) is 4. The molecule has 0 aliphatic carbocycles. The minimum atomic E-state index is -5.39. The Bertz CT molecular complexity index is 4480. The number of benzene rings is 4. The summed E-state index contributed by atoms with van der Waals surface area (Å²) in [6.45, 7) is 25.2. The lowest BCUT2D eigenvalue weighted by molar-refractivity contribution is -0.269. The third-order valence-corrected chi connectivity index (χ3v) is 19.2. The standard InChI is InChI=1S/2C35H43F3N6O7Si/c1-21-16-27(48-6)29(24-12-13-43(30(21)24)32(47)51-33(3,4)5)34(35(36,37)38,50-19-28(46)42-41-22(2)45)31-40-25-17-23(18-39)10-11-26(25)44(31)20-49-14-15-52(7,8)9;1-21-16-27(48-6)29(24-12-13-43(30(21)24)32(47)51-33(3,4)5)34(35(36,37)38,50-19-28(46)42-41-22(2)45)31-40-25-11-10-23(18-39)17-26(25)44(31)20-49-14-15-52(7,8)9/h2*10-13,16-17H,14-15,19-20H2,1-9H3,(H,41,45)(H,42,46). The second kappa shape index (κ2) is 31.6. The first-order valence-electron chi connectivity index (χ1n) is 32.6. The lowest BCUT2D eigenvalue weighted by Gasteiger charge is -2.37. The molecule has 4 aromatic carbocycles. The number of aromatic nitrogens is 6. The Labute approximate surface area is 598 Å². The highest BCUT2D eigenvalue weighted by molar-refractivity contribution is 6.76. The van der Waals surface area contributed by atoms with Gasteiger partial charge in [-0.2, -0.15) is 36.9 Å². The van der Waals surface area contributed by atoms with E-state index in [0.717, 1.165) is 27.5 Å². The number of carbonyl (C=O) groups excluding carboxylic acids is 6.